The minimum atomic E-state index is -0.207. The molecule has 0 radical (unpaired) electrons. The predicted octanol–water partition coefficient (Wildman–Crippen LogP) is 15.8. The van der Waals surface area contributed by atoms with E-state index in [4.69, 9.17) is 0 Å². The number of rotatable bonds is 7. The second kappa shape index (κ2) is 14.0. The molecule has 0 amide bonds. The Labute approximate surface area is 339 Å². The molecule has 9 aromatic carbocycles. The molecule has 0 N–H and O–H groups in total. The molecule has 2 heterocycles. The van der Waals surface area contributed by atoms with Crippen molar-refractivity contribution in [2.24, 2.45) is 0 Å². The molecular weight excluding hydrogens is 728 g/mol. The van der Waals surface area contributed by atoms with Gasteiger partial charge in [-0.05, 0) is 112 Å². The van der Waals surface area contributed by atoms with Crippen LogP contribution in [0, 0.1) is 5.82 Å². The Morgan fingerprint density at radius 2 is 0.914 bits per heavy atom. The van der Waals surface area contributed by atoms with Crippen molar-refractivity contribution in [3.8, 4) is 39.1 Å². The Balaban J connectivity index is 0.981. The highest BCUT2D eigenvalue weighted by Gasteiger charge is 2.18. The smallest absolute Gasteiger partial charge is 0.133 e. The summed E-state index contributed by atoms with van der Waals surface area (Å²) >= 11 is 1.85. The summed E-state index contributed by atoms with van der Waals surface area (Å²) in [5, 5.41) is 4.17. The standard InChI is InChI=1S/C54H35FN2S/c55-48-18-10-20-50-54(48)46-15-4-6-19-49(46)57(50)44-14-8-13-40(35-44)38-25-31-42(32-26-38)56(41-29-23-37(24-30-41)36-11-2-1-3-12-36)43-33-27-39(28-34-43)45-17-9-22-52-53(45)47-16-5-7-21-51(47)58-52/h1-35H. The minimum Gasteiger partial charge on any atom is -0.311 e. The van der Waals surface area contributed by atoms with Gasteiger partial charge in [-0.15, -0.1) is 11.3 Å². The van der Waals surface area contributed by atoms with Crippen molar-refractivity contribution in [3.63, 3.8) is 0 Å². The fourth-order valence-electron chi connectivity index (χ4n) is 8.57. The lowest BCUT2D eigenvalue weighted by molar-refractivity contribution is 0.640. The fourth-order valence-corrected chi connectivity index (χ4v) is 9.70. The lowest BCUT2D eigenvalue weighted by atomic mass is 9.99. The molecule has 0 atom stereocenters. The average molecular weight is 763 g/mol. The van der Waals surface area contributed by atoms with Crippen molar-refractivity contribution in [2.45, 2.75) is 0 Å². The van der Waals surface area contributed by atoms with Gasteiger partial charge in [0.15, 0.2) is 0 Å². The quantitative estimate of drug-likeness (QED) is 0.157. The zero-order valence-corrected chi connectivity index (χ0v) is 32.2. The molecule has 0 unspecified atom stereocenters. The van der Waals surface area contributed by atoms with E-state index < -0.39 is 0 Å². The van der Waals surface area contributed by atoms with Crippen LogP contribution in [0.3, 0.4) is 0 Å². The Morgan fingerprint density at radius 1 is 0.379 bits per heavy atom. The van der Waals surface area contributed by atoms with Gasteiger partial charge in [0.2, 0.25) is 0 Å². The number of nitrogens with zero attached hydrogens (tertiary/aromatic N) is 2. The molecule has 11 aromatic rings. The fraction of sp³-hybridized carbons (Fsp3) is 0. The first-order chi connectivity index (χ1) is 28.7. The first kappa shape index (κ1) is 34.0. The first-order valence-corrected chi connectivity index (χ1v) is 20.3. The second-order valence-corrected chi connectivity index (χ2v) is 15.7. The average Bonchev–Trinajstić information content (AvgIpc) is 3.84. The molecule has 0 fully saturated rings. The van der Waals surface area contributed by atoms with E-state index in [1.165, 1.54) is 42.4 Å². The van der Waals surface area contributed by atoms with Gasteiger partial charge in [-0.25, -0.2) is 4.39 Å². The van der Waals surface area contributed by atoms with Crippen molar-refractivity contribution in [2.75, 3.05) is 4.90 Å². The number of halogens is 1. The van der Waals surface area contributed by atoms with Crippen LogP contribution in [0.5, 0.6) is 0 Å². The van der Waals surface area contributed by atoms with Crippen LogP contribution in [0.15, 0.2) is 212 Å². The van der Waals surface area contributed by atoms with Crippen LogP contribution in [-0.2, 0) is 0 Å². The molecule has 11 rings (SSSR count). The maximum atomic E-state index is 15.2. The van der Waals surface area contributed by atoms with Gasteiger partial charge < -0.3 is 9.47 Å². The second-order valence-electron chi connectivity index (χ2n) is 14.7. The molecule has 58 heavy (non-hydrogen) atoms. The summed E-state index contributed by atoms with van der Waals surface area (Å²) in [5.41, 5.74) is 13.0. The van der Waals surface area contributed by atoms with Gasteiger partial charge >= 0.3 is 0 Å². The van der Waals surface area contributed by atoms with E-state index in [9.17, 15) is 0 Å². The maximum absolute atomic E-state index is 15.2. The molecule has 4 heteroatoms. The molecule has 2 nitrogen and oxygen atoms in total. The zero-order chi connectivity index (χ0) is 38.6. The maximum Gasteiger partial charge on any atom is 0.133 e. The van der Waals surface area contributed by atoms with E-state index in [-0.39, 0.29) is 5.82 Å². The molecule has 274 valence electrons. The zero-order valence-electron chi connectivity index (χ0n) is 31.4. The van der Waals surface area contributed by atoms with Crippen molar-refractivity contribution >= 4 is 70.4 Å². The number of para-hydroxylation sites is 1. The van der Waals surface area contributed by atoms with Gasteiger partial charge in [0.1, 0.15) is 5.82 Å². The van der Waals surface area contributed by atoms with Gasteiger partial charge in [0.05, 0.1) is 11.0 Å². The van der Waals surface area contributed by atoms with E-state index in [1.807, 2.05) is 35.6 Å². The summed E-state index contributed by atoms with van der Waals surface area (Å²) in [6, 6.07) is 74.3. The van der Waals surface area contributed by atoms with E-state index in [2.05, 4.69) is 185 Å². The Hall–Kier alpha value is -7.27. The molecule has 0 aliphatic rings. The molecule has 0 bridgehead atoms. The van der Waals surface area contributed by atoms with Crippen molar-refractivity contribution in [1.29, 1.82) is 0 Å². The number of aromatic nitrogens is 1. The highest BCUT2D eigenvalue weighted by Crippen LogP contribution is 2.42. The number of anilines is 3. The molecule has 0 aliphatic carbocycles. The lowest BCUT2D eigenvalue weighted by Crippen LogP contribution is -2.09. The molecule has 0 aliphatic heterocycles. The van der Waals surface area contributed by atoms with E-state index in [1.54, 1.807) is 12.1 Å². The Morgan fingerprint density at radius 3 is 1.66 bits per heavy atom. The van der Waals surface area contributed by atoms with Gasteiger partial charge in [0.25, 0.3) is 0 Å². The Bertz CT molecular complexity index is 3270. The van der Waals surface area contributed by atoms with Crippen molar-refractivity contribution in [1.82, 2.24) is 4.57 Å². The van der Waals surface area contributed by atoms with E-state index in [0.29, 0.717) is 5.39 Å². The number of hydrogen-bond donors (Lipinski definition) is 0. The van der Waals surface area contributed by atoms with Crippen LogP contribution in [0.4, 0.5) is 21.5 Å². The lowest BCUT2D eigenvalue weighted by Gasteiger charge is -2.26. The number of thiophene rings is 1. The summed E-state index contributed by atoms with van der Waals surface area (Å²) in [5.74, 6) is -0.207. The monoisotopic (exact) mass is 762 g/mol. The molecule has 0 spiro atoms. The highest BCUT2D eigenvalue weighted by molar-refractivity contribution is 7.25. The minimum absolute atomic E-state index is 0.207. The van der Waals surface area contributed by atoms with Crippen molar-refractivity contribution < 1.29 is 4.39 Å². The van der Waals surface area contributed by atoms with Gasteiger partial charge in [-0.3, -0.25) is 0 Å². The summed E-state index contributed by atoms with van der Waals surface area (Å²) in [6.07, 6.45) is 0. The first-order valence-electron chi connectivity index (χ1n) is 19.5. The van der Waals surface area contributed by atoms with Crippen LogP contribution >= 0.6 is 11.3 Å². The summed E-state index contributed by atoms with van der Waals surface area (Å²) < 4.78 is 20.0. The topological polar surface area (TPSA) is 8.17 Å². The highest BCUT2D eigenvalue weighted by atomic mass is 32.1. The molecular formula is C54H35FN2S. The predicted molar refractivity (Wildman–Crippen MR) is 245 cm³/mol. The molecule has 0 saturated heterocycles. The largest absolute Gasteiger partial charge is 0.311 e. The van der Waals surface area contributed by atoms with Crippen molar-refractivity contribution in [3.05, 3.63) is 218 Å². The summed E-state index contributed by atoms with van der Waals surface area (Å²) in [7, 11) is 0. The van der Waals surface area contributed by atoms with E-state index in [0.717, 1.165) is 50.3 Å². The third-order valence-corrected chi connectivity index (χ3v) is 12.4. The number of fused-ring (bicyclic) bond motifs is 6. The SMILES string of the molecule is Fc1cccc2c1c1ccccc1n2-c1cccc(-c2ccc(N(c3ccc(-c4ccccc4)cc3)c3ccc(-c4cccc5sc6ccccc6c45)cc3)cc2)c1. The van der Waals surface area contributed by atoms with Crippen LogP contribution < -0.4 is 4.90 Å². The summed E-state index contributed by atoms with van der Waals surface area (Å²) in [4.78, 5) is 2.33. The molecule has 2 aromatic heterocycles. The van der Waals surface area contributed by atoms with Gasteiger partial charge in [-0.2, -0.15) is 0 Å². The molecule has 0 saturated carbocycles. The normalized spacial score (nSPS) is 11.5. The number of benzene rings is 9. The summed E-state index contributed by atoms with van der Waals surface area (Å²) in [6.45, 7) is 0. The van der Waals surface area contributed by atoms with Gasteiger partial charge in [0, 0.05) is 53.7 Å². The third-order valence-electron chi connectivity index (χ3n) is 11.3. The van der Waals surface area contributed by atoms with Gasteiger partial charge in [-0.1, -0.05) is 133 Å². The van der Waals surface area contributed by atoms with E-state index >= 15 is 4.39 Å². The van der Waals surface area contributed by atoms with Crippen LogP contribution in [0.2, 0.25) is 0 Å². The third kappa shape index (κ3) is 5.77. The van der Waals surface area contributed by atoms with Crippen LogP contribution in [-0.4, -0.2) is 4.57 Å². The Kier molecular flexibility index (Phi) is 8.23. The van der Waals surface area contributed by atoms with Crippen LogP contribution in [0.25, 0.3) is 81.0 Å². The van der Waals surface area contributed by atoms with Crippen LogP contribution in [0.1, 0.15) is 0 Å². The number of hydrogen-bond acceptors (Lipinski definition) is 2.